The standard InChI is InChI=1S/C7H14N2OS/c1-3-8-6(11)9-4-7(2,10)5-9/h10H,3-5H2,1-2H3,(H,8,11). The van der Waals surface area contributed by atoms with Crippen LogP contribution in [0.25, 0.3) is 0 Å². The van der Waals surface area contributed by atoms with Crippen molar-refractivity contribution in [3.8, 4) is 0 Å². The van der Waals surface area contributed by atoms with Crippen LogP contribution in [0, 0.1) is 0 Å². The van der Waals surface area contributed by atoms with Crippen LogP contribution in [0.3, 0.4) is 0 Å². The molecule has 0 atom stereocenters. The smallest absolute Gasteiger partial charge is 0.169 e. The average Bonchev–Trinajstić information content (AvgIpc) is 1.83. The van der Waals surface area contributed by atoms with Gasteiger partial charge in [0.1, 0.15) is 0 Å². The van der Waals surface area contributed by atoms with Crippen LogP contribution >= 0.6 is 12.2 Å². The molecule has 0 saturated carbocycles. The highest BCUT2D eigenvalue weighted by molar-refractivity contribution is 7.80. The van der Waals surface area contributed by atoms with Gasteiger partial charge in [-0.2, -0.15) is 0 Å². The van der Waals surface area contributed by atoms with Crippen LogP contribution in [0.4, 0.5) is 0 Å². The van der Waals surface area contributed by atoms with Gasteiger partial charge in [-0.3, -0.25) is 0 Å². The molecule has 1 aliphatic heterocycles. The minimum absolute atomic E-state index is 0.528. The fourth-order valence-electron chi connectivity index (χ4n) is 1.18. The number of β-amino-alcohol motifs (C(OH)–C–C–N with tert-alkyl or cyclic N) is 1. The van der Waals surface area contributed by atoms with E-state index in [0.29, 0.717) is 13.1 Å². The summed E-state index contributed by atoms with van der Waals surface area (Å²) in [6.07, 6.45) is 0. The van der Waals surface area contributed by atoms with E-state index in [9.17, 15) is 5.11 Å². The fourth-order valence-corrected chi connectivity index (χ4v) is 1.46. The average molecular weight is 174 g/mol. The van der Waals surface area contributed by atoms with Crippen molar-refractivity contribution >= 4 is 17.3 Å². The Morgan fingerprint density at radius 3 is 2.64 bits per heavy atom. The van der Waals surface area contributed by atoms with Crippen LogP contribution < -0.4 is 5.32 Å². The van der Waals surface area contributed by atoms with Crippen molar-refractivity contribution in [3.05, 3.63) is 0 Å². The molecule has 0 aromatic carbocycles. The molecule has 0 aromatic heterocycles. The summed E-state index contributed by atoms with van der Waals surface area (Å²) in [6, 6.07) is 0. The molecule has 0 spiro atoms. The predicted molar refractivity (Wildman–Crippen MR) is 48.5 cm³/mol. The van der Waals surface area contributed by atoms with Gasteiger partial charge in [0.15, 0.2) is 5.11 Å². The molecule has 0 bridgehead atoms. The topological polar surface area (TPSA) is 35.5 Å². The van der Waals surface area contributed by atoms with Gasteiger partial charge in [0, 0.05) is 6.54 Å². The normalized spacial score (nSPS) is 20.8. The summed E-state index contributed by atoms with van der Waals surface area (Å²) in [5.41, 5.74) is -0.528. The van der Waals surface area contributed by atoms with Gasteiger partial charge in [-0.25, -0.2) is 0 Å². The number of aliphatic hydroxyl groups is 1. The second kappa shape index (κ2) is 2.95. The maximum Gasteiger partial charge on any atom is 0.169 e. The Morgan fingerprint density at radius 1 is 1.73 bits per heavy atom. The Morgan fingerprint density at radius 2 is 2.27 bits per heavy atom. The third-order valence-corrected chi connectivity index (χ3v) is 2.08. The zero-order valence-corrected chi connectivity index (χ0v) is 7.74. The van der Waals surface area contributed by atoms with Gasteiger partial charge in [0.05, 0.1) is 18.7 Å². The Balaban J connectivity index is 2.27. The molecule has 2 N–H and O–H groups in total. The molecular weight excluding hydrogens is 160 g/mol. The molecule has 0 radical (unpaired) electrons. The summed E-state index contributed by atoms with van der Waals surface area (Å²) >= 11 is 5.03. The number of likely N-dealkylation sites (tertiary alicyclic amines) is 1. The molecule has 1 rings (SSSR count). The molecule has 0 unspecified atom stereocenters. The van der Waals surface area contributed by atoms with Crippen LogP contribution in [0.2, 0.25) is 0 Å². The van der Waals surface area contributed by atoms with Crippen molar-refractivity contribution in [2.24, 2.45) is 0 Å². The zero-order chi connectivity index (χ0) is 8.48. The van der Waals surface area contributed by atoms with E-state index in [-0.39, 0.29) is 0 Å². The first-order valence-corrected chi connectivity index (χ1v) is 4.21. The minimum atomic E-state index is -0.528. The highest BCUT2D eigenvalue weighted by Gasteiger charge is 2.37. The van der Waals surface area contributed by atoms with Gasteiger partial charge in [0.25, 0.3) is 0 Å². The van der Waals surface area contributed by atoms with Crippen LogP contribution in [0.5, 0.6) is 0 Å². The van der Waals surface area contributed by atoms with E-state index >= 15 is 0 Å². The quantitative estimate of drug-likeness (QED) is 0.546. The van der Waals surface area contributed by atoms with E-state index < -0.39 is 5.60 Å². The largest absolute Gasteiger partial charge is 0.386 e. The summed E-state index contributed by atoms with van der Waals surface area (Å²) in [4.78, 5) is 1.96. The SMILES string of the molecule is CCNC(=S)N1CC(C)(O)C1. The van der Waals surface area contributed by atoms with Crippen molar-refractivity contribution in [3.63, 3.8) is 0 Å². The zero-order valence-electron chi connectivity index (χ0n) is 6.92. The van der Waals surface area contributed by atoms with Gasteiger partial charge >= 0.3 is 0 Å². The lowest BCUT2D eigenvalue weighted by atomic mass is 9.98. The number of nitrogens with one attached hydrogen (secondary N) is 1. The van der Waals surface area contributed by atoms with Crippen molar-refractivity contribution < 1.29 is 5.11 Å². The molecule has 1 aliphatic rings. The lowest BCUT2D eigenvalue weighted by Crippen LogP contribution is -2.63. The van der Waals surface area contributed by atoms with E-state index in [0.717, 1.165) is 11.7 Å². The van der Waals surface area contributed by atoms with E-state index in [1.54, 1.807) is 0 Å². The first-order valence-electron chi connectivity index (χ1n) is 3.80. The number of nitrogens with zero attached hydrogens (tertiary/aromatic N) is 1. The molecule has 1 saturated heterocycles. The summed E-state index contributed by atoms with van der Waals surface area (Å²) in [5, 5.41) is 13.2. The molecule has 64 valence electrons. The molecule has 1 fully saturated rings. The summed E-state index contributed by atoms with van der Waals surface area (Å²) in [7, 11) is 0. The predicted octanol–water partition coefficient (Wildman–Crippen LogP) is -0.0526. The van der Waals surface area contributed by atoms with Crippen LogP contribution in [0.1, 0.15) is 13.8 Å². The van der Waals surface area contributed by atoms with Crippen molar-refractivity contribution in [1.82, 2.24) is 10.2 Å². The third-order valence-electron chi connectivity index (χ3n) is 1.68. The lowest BCUT2D eigenvalue weighted by molar-refractivity contribution is -0.0498. The van der Waals surface area contributed by atoms with Gasteiger partial charge in [-0.05, 0) is 26.1 Å². The molecule has 0 aliphatic carbocycles. The van der Waals surface area contributed by atoms with Gasteiger partial charge < -0.3 is 15.3 Å². The number of rotatable bonds is 1. The van der Waals surface area contributed by atoms with Crippen molar-refractivity contribution in [2.45, 2.75) is 19.4 Å². The molecule has 0 aromatic rings. The number of hydrogen-bond acceptors (Lipinski definition) is 2. The number of thiocarbonyl (C=S) groups is 1. The Kier molecular flexibility index (Phi) is 2.34. The summed E-state index contributed by atoms with van der Waals surface area (Å²) in [6.45, 7) is 5.97. The van der Waals surface area contributed by atoms with Gasteiger partial charge in [0.2, 0.25) is 0 Å². The van der Waals surface area contributed by atoms with Crippen molar-refractivity contribution in [1.29, 1.82) is 0 Å². The lowest BCUT2D eigenvalue weighted by Gasteiger charge is -2.45. The van der Waals surface area contributed by atoms with Crippen LogP contribution in [-0.2, 0) is 0 Å². The highest BCUT2D eigenvalue weighted by Crippen LogP contribution is 2.19. The molecule has 11 heavy (non-hydrogen) atoms. The van der Waals surface area contributed by atoms with Crippen LogP contribution in [0.15, 0.2) is 0 Å². The second-order valence-electron chi connectivity index (χ2n) is 3.19. The Hall–Kier alpha value is -0.350. The maximum absolute atomic E-state index is 9.37. The Bertz CT molecular complexity index is 162. The summed E-state index contributed by atoms with van der Waals surface area (Å²) in [5.74, 6) is 0. The second-order valence-corrected chi connectivity index (χ2v) is 3.58. The first kappa shape index (κ1) is 8.74. The minimum Gasteiger partial charge on any atom is -0.386 e. The molecular formula is C7H14N2OS. The van der Waals surface area contributed by atoms with E-state index in [4.69, 9.17) is 12.2 Å². The van der Waals surface area contributed by atoms with E-state index in [1.165, 1.54) is 0 Å². The Labute approximate surface area is 72.4 Å². The van der Waals surface area contributed by atoms with E-state index in [1.807, 2.05) is 18.7 Å². The summed E-state index contributed by atoms with van der Waals surface area (Å²) < 4.78 is 0. The first-order chi connectivity index (χ1) is 5.05. The fraction of sp³-hybridized carbons (Fsp3) is 0.857. The monoisotopic (exact) mass is 174 g/mol. The highest BCUT2D eigenvalue weighted by atomic mass is 32.1. The molecule has 1 heterocycles. The van der Waals surface area contributed by atoms with Crippen molar-refractivity contribution in [2.75, 3.05) is 19.6 Å². The third kappa shape index (κ3) is 2.04. The van der Waals surface area contributed by atoms with Gasteiger partial charge in [-0.15, -0.1) is 0 Å². The maximum atomic E-state index is 9.37. The molecule has 0 amide bonds. The number of hydrogen-bond donors (Lipinski definition) is 2. The van der Waals surface area contributed by atoms with Gasteiger partial charge in [-0.1, -0.05) is 0 Å². The molecule has 3 nitrogen and oxygen atoms in total. The van der Waals surface area contributed by atoms with E-state index in [2.05, 4.69) is 5.32 Å². The van der Waals surface area contributed by atoms with Crippen LogP contribution in [-0.4, -0.2) is 40.4 Å². The molecule has 4 heteroatoms.